The lowest BCUT2D eigenvalue weighted by atomic mass is 10.1. The largest absolute Gasteiger partial charge is 0.507 e. The average Bonchev–Trinajstić information content (AvgIpc) is 2.66. The number of aromatic nitrogens is 2. The molecule has 0 amide bonds. The zero-order chi connectivity index (χ0) is 18.5. The highest BCUT2D eigenvalue weighted by Gasteiger charge is 2.13. The lowest BCUT2D eigenvalue weighted by molar-refractivity contribution is 0.477. The molecule has 1 heterocycles. The van der Waals surface area contributed by atoms with Crippen molar-refractivity contribution in [3.05, 3.63) is 47.5 Å². The Balaban J connectivity index is 1.97. The predicted octanol–water partition coefficient (Wildman–Crippen LogP) is 4.59. The van der Waals surface area contributed by atoms with Gasteiger partial charge in [0, 0.05) is 23.0 Å². The van der Waals surface area contributed by atoms with Gasteiger partial charge in [-0.1, -0.05) is 43.5 Å². The fraction of sp³-hybridized carbons (Fsp3) is 0.300. The van der Waals surface area contributed by atoms with Gasteiger partial charge in [-0.05, 0) is 36.8 Å². The molecular formula is C20H23ClN4O. The normalized spacial score (nSPS) is 12.3. The van der Waals surface area contributed by atoms with Gasteiger partial charge in [0.15, 0.2) is 5.82 Å². The van der Waals surface area contributed by atoms with E-state index in [1.807, 2.05) is 24.3 Å². The molecule has 4 N–H and O–H groups in total. The Labute approximate surface area is 158 Å². The van der Waals surface area contributed by atoms with Crippen molar-refractivity contribution in [1.29, 1.82) is 0 Å². The summed E-state index contributed by atoms with van der Waals surface area (Å²) in [5, 5.41) is 15.0. The summed E-state index contributed by atoms with van der Waals surface area (Å²) in [5.74, 6) is 1.22. The molecule has 5 nitrogen and oxygen atoms in total. The minimum Gasteiger partial charge on any atom is -0.507 e. The minimum absolute atomic E-state index is 0.0618. The zero-order valence-corrected chi connectivity index (χ0v) is 15.5. The molecule has 0 unspecified atom stereocenters. The molecule has 0 fully saturated rings. The summed E-state index contributed by atoms with van der Waals surface area (Å²) in [5.41, 5.74) is 7.48. The number of para-hydroxylation sites is 1. The third kappa shape index (κ3) is 4.23. The fourth-order valence-corrected chi connectivity index (χ4v) is 2.99. The van der Waals surface area contributed by atoms with Crippen LogP contribution in [-0.2, 0) is 0 Å². The predicted molar refractivity (Wildman–Crippen MR) is 108 cm³/mol. The van der Waals surface area contributed by atoms with Gasteiger partial charge in [0.05, 0.1) is 11.1 Å². The van der Waals surface area contributed by atoms with Gasteiger partial charge < -0.3 is 16.2 Å². The number of phenolic OH excluding ortho intramolecular Hbond substituents is 1. The molecule has 0 bridgehead atoms. The highest BCUT2D eigenvalue weighted by molar-refractivity contribution is 6.30. The van der Waals surface area contributed by atoms with Gasteiger partial charge in [0.2, 0.25) is 0 Å². The maximum atomic E-state index is 10.2. The van der Waals surface area contributed by atoms with Crippen LogP contribution < -0.4 is 11.1 Å². The Hall–Kier alpha value is -2.37. The Morgan fingerprint density at radius 2 is 2.00 bits per heavy atom. The number of hydrogen-bond donors (Lipinski definition) is 3. The molecular weight excluding hydrogens is 348 g/mol. The SMILES string of the molecule is CCCC[C@@H](N)CNc1nc(-c2cc(Cl)ccc2O)nc2ccccc12. The smallest absolute Gasteiger partial charge is 0.165 e. The standard InChI is InChI=1S/C20H23ClN4O/c1-2-3-6-14(22)12-23-19-15-7-4-5-8-17(15)24-20(25-19)16-11-13(21)9-10-18(16)26/h4-5,7-11,14,26H,2-3,6,12,22H2,1H3,(H,23,24,25)/t14-/m1/s1. The third-order valence-corrected chi connectivity index (χ3v) is 4.50. The van der Waals surface area contributed by atoms with Crippen LogP contribution in [0.3, 0.4) is 0 Å². The second kappa shape index (κ2) is 8.34. The van der Waals surface area contributed by atoms with Crippen molar-refractivity contribution >= 4 is 28.3 Å². The summed E-state index contributed by atoms with van der Waals surface area (Å²) in [4.78, 5) is 9.21. The average molecular weight is 371 g/mol. The second-order valence-electron chi connectivity index (χ2n) is 6.36. The zero-order valence-electron chi connectivity index (χ0n) is 14.7. The Kier molecular flexibility index (Phi) is 5.91. The Morgan fingerprint density at radius 3 is 2.81 bits per heavy atom. The number of halogens is 1. The summed E-state index contributed by atoms with van der Waals surface area (Å²) in [6.45, 7) is 2.78. The Bertz CT molecular complexity index is 900. The van der Waals surface area contributed by atoms with Crippen LogP contribution in [0.4, 0.5) is 5.82 Å². The van der Waals surface area contributed by atoms with Gasteiger partial charge in [0.1, 0.15) is 11.6 Å². The van der Waals surface area contributed by atoms with Crippen molar-refractivity contribution in [1.82, 2.24) is 9.97 Å². The van der Waals surface area contributed by atoms with Gasteiger partial charge in [-0.15, -0.1) is 0 Å². The first-order valence-corrected chi connectivity index (χ1v) is 9.21. The van der Waals surface area contributed by atoms with Crippen LogP contribution in [0.25, 0.3) is 22.3 Å². The number of phenols is 1. The number of fused-ring (bicyclic) bond motifs is 1. The molecule has 2 aromatic carbocycles. The number of hydrogen-bond acceptors (Lipinski definition) is 5. The number of nitrogens with one attached hydrogen (secondary N) is 1. The van der Waals surface area contributed by atoms with Crippen LogP contribution in [0.2, 0.25) is 5.02 Å². The van der Waals surface area contributed by atoms with Gasteiger partial charge in [0.25, 0.3) is 0 Å². The molecule has 26 heavy (non-hydrogen) atoms. The van der Waals surface area contributed by atoms with E-state index >= 15 is 0 Å². The van der Waals surface area contributed by atoms with Gasteiger partial charge in [-0.2, -0.15) is 0 Å². The summed E-state index contributed by atoms with van der Waals surface area (Å²) >= 11 is 6.08. The van der Waals surface area contributed by atoms with Crippen LogP contribution in [-0.4, -0.2) is 27.7 Å². The van der Waals surface area contributed by atoms with E-state index in [0.29, 0.717) is 28.8 Å². The molecule has 0 aliphatic heterocycles. The van der Waals surface area contributed by atoms with Crippen LogP contribution in [0.5, 0.6) is 5.75 Å². The molecule has 0 spiro atoms. The number of aromatic hydroxyl groups is 1. The summed E-state index contributed by atoms with van der Waals surface area (Å²) in [6, 6.07) is 12.7. The first-order valence-electron chi connectivity index (χ1n) is 8.83. The van der Waals surface area contributed by atoms with E-state index in [1.54, 1.807) is 18.2 Å². The van der Waals surface area contributed by atoms with Gasteiger partial charge in [-0.25, -0.2) is 9.97 Å². The molecule has 1 atom stereocenters. The van der Waals surface area contributed by atoms with E-state index in [0.717, 1.165) is 30.2 Å². The van der Waals surface area contributed by atoms with E-state index < -0.39 is 0 Å². The molecule has 0 aliphatic carbocycles. The molecule has 0 aliphatic rings. The topological polar surface area (TPSA) is 84.1 Å². The van der Waals surface area contributed by atoms with Crippen molar-refractivity contribution in [3.63, 3.8) is 0 Å². The van der Waals surface area contributed by atoms with Crippen molar-refractivity contribution in [2.75, 3.05) is 11.9 Å². The molecule has 1 aromatic heterocycles. The molecule has 6 heteroatoms. The number of anilines is 1. The van der Waals surface area contributed by atoms with Crippen molar-refractivity contribution in [3.8, 4) is 17.1 Å². The number of unbranched alkanes of at least 4 members (excludes halogenated alkanes) is 1. The fourth-order valence-electron chi connectivity index (χ4n) is 2.82. The number of benzene rings is 2. The number of nitrogens with zero attached hydrogens (tertiary/aromatic N) is 2. The highest BCUT2D eigenvalue weighted by atomic mass is 35.5. The van der Waals surface area contributed by atoms with Gasteiger partial charge >= 0.3 is 0 Å². The van der Waals surface area contributed by atoms with Crippen molar-refractivity contribution in [2.45, 2.75) is 32.2 Å². The monoisotopic (exact) mass is 370 g/mol. The molecule has 3 rings (SSSR count). The van der Waals surface area contributed by atoms with Crippen molar-refractivity contribution in [2.24, 2.45) is 5.73 Å². The lowest BCUT2D eigenvalue weighted by Crippen LogP contribution is -2.29. The second-order valence-corrected chi connectivity index (χ2v) is 6.79. The minimum atomic E-state index is 0.0618. The molecule has 0 saturated carbocycles. The first-order chi connectivity index (χ1) is 12.6. The quantitative estimate of drug-likeness (QED) is 0.566. The van der Waals surface area contributed by atoms with Gasteiger partial charge in [-0.3, -0.25) is 0 Å². The van der Waals surface area contributed by atoms with E-state index in [2.05, 4.69) is 22.2 Å². The van der Waals surface area contributed by atoms with Crippen LogP contribution in [0, 0.1) is 0 Å². The van der Waals surface area contributed by atoms with Crippen LogP contribution in [0.15, 0.2) is 42.5 Å². The molecule has 0 radical (unpaired) electrons. The number of nitrogens with two attached hydrogens (primary N) is 1. The summed E-state index contributed by atoms with van der Waals surface area (Å²) < 4.78 is 0. The molecule has 0 saturated heterocycles. The maximum absolute atomic E-state index is 10.2. The summed E-state index contributed by atoms with van der Waals surface area (Å²) in [6.07, 6.45) is 3.20. The summed E-state index contributed by atoms with van der Waals surface area (Å²) in [7, 11) is 0. The Morgan fingerprint density at radius 1 is 1.19 bits per heavy atom. The van der Waals surface area contributed by atoms with Crippen molar-refractivity contribution < 1.29 is 5.11 Å². The highest BCUT2D eigenvalue weighted by Crippen LogP contribution is 2.32. The van der Waals surface area contributed by atoms with E-state index in [9.17, 15) is 5.11 Å². The molecule has 3 aromatic rings. The van der Waals surface area contributed by atoms with Crippen LogP contribution >= 0.6 is 11.6 Å². The van der Waals surface area contributed by atoms with E-state index in [4.69, 9.17) is 17.3 Å². The maximum Gasteiger partial charge on any atom is 0.165 e. The lowest BCUT2D eigenvalue weighted by Gasteiger charge is -2.15. The van der Waals surface area contributed by atoms with Crippen LogP contribution in [0.1, 0.15) is 26.2 Å². The van der Waals surface area contributed by atoms with E-state index in [-0.39, 0.29) is 11.8 Å². The first kappa shape index (κ1) is 18.4. The van der Waals surface area contributed by atoms with E-state index in [1.165, 1.54) is 0 Å². The third-order valence-electron chi connectivity index (χ3n) is 4.26. The molecule has 136 valence electrons. The number of rotatable bonds is 7.